The maximum Gasteiger partial charge on any atom is 0.232 e. The number of rotatable bonds is 6. The van der Waals surface area contributed by atoms with Gasteiger partial charge in [-0.15, -0.1) is 0 Å². The normalized spacial score (nSPS) is 17.4. The Balaban J connectivity index is 1.65. The van der Waals surface area contributed by atoms with Gasteiger partial charge in [-0.25, -0.2) is 4.98 Å². The van der Waals surface area contributed by atoms with E-state index in [4.69, 9.17) is 14.2 Å². The lowest BCUT2D eigenvalue weighted by atomic mass is 9.99. The van der Waals surface area contributed by atoms with Crippen LogP contribution in [0.3, 0.4) is 0 Å². The van der Waals surface area contributed by atoms with Crippen molar-refractivity contribution in [1.29, 1.82) is 0 Å². The molecule has 0 aliphatic carbocycles. The van der Waals surface area contributed by atoms with E-state index in [1.54, 1.807) is 38.9 Å². The molecule has 1 unspecified atom stereocenters. The lowest BCUT2D eigenvalue weighted by Gasteiger charge is -2.32. The molecule has 2 aromatic rings. The molecule has 24 heavy (non-hydrogen) atoms. The number of aromatic nitrogens is 4. The number of hydrogen-bond acceptors (Lipinski definition) is 8. The summed E-state index contributed by atoms with van der Waals surface area (Å²) in [6, 6.07) is 1.67. The maximum atomic E-state index is 5.73. The Morgan fingerprint density at radius 3 is 2.58 bits per heavy atom. The van der Waals surface area contributed by atoms with Gasteiger partial charge in [0.1, 0.15) is 0 Å². The van der Waals surface area contributed by atoms with Crippen LogP contribution in [0.25, 0.3) is 0 Å². The number of hydrogen-bond donors (Lipinski definition) is 0. The number of methoxy groups -OCH3 is 2. The van der Waals surface area contributed by atoms with Crippen LogP contribution < -0.4 is 19.1 Å². The Bertz CT molecular complexity index is 633. The fraction of sp³-hybridized carbons (Fsp3) is 0.500. The van der Waals surface area contributed by atoms with Crippen LogP contribution in [0.5, 0.6) is 17.6 Å². The van der Waals surface area contributed by atoms with E-state index in [2.05, 4.69) is 24.8 Å². The summed E-state index contributed by atoms with van der Waals surface area (Å²) in [7, 11) is 3.17. The highest BCUT2D eigenvalue weighted by molar-refractivity contribution is 5.37. The van der Waals surface area contributed by atoms with Crippen LogP contribution in [-0.2, 0) is 0 Å². The molecule has 0 spiro atoms. The van der Waals surface area contributed by atoms with E-state index in [0.29, 0.717) is 36.1 Å². The molecule has 0 amide bonds. The van der Waals surface area contributed by atoms with E-state index < -0.39 is 0 Å². The highest BCUT2D eigenvalue weighted by atomic mass is 16.5. The SMILES string of the molecule is COc1cc(OC)nc(N2CCCC(COc3cnccn3)C2)n1. The van der Waals surface area contributed by atoms with E-state index in [1.807, 2.05) is 0 Å². The van der Waals surface area contributed by atoms with Gasteiger partial charge in [0.15, 0.2) is 0 Å². The fourth-order valence-corrected chi connectivity index (χ4v) is 2.69. The van der Waals surface area contributed by atoms with E-state index in [9.17, 15) is 0 Å². The number of piperidine rings is 1. The van der Waals surface area contributed by atoms with Crippen LogP contribution in [0.4, 0.5) is 5.95 Å². The summed E-state index contributed by atoms with van der Waals surface area (Å²) in [6.07, 6.45) is 7.02. The molecule has 2 aromatic heterocycles. The molecule has 128 valence electrons. The summed E-state index contributed by atoms with van der Waals surface area (Å²) < 4.78 is 16.2. The molecule has 0 aromatic carbocycles. The van der Waals surface area contributed by atoms with Gasteiger partial charge < -0.3 is 19.1 Å². The molecule has 8 heteroatoms. The molecule has 1 aliphatic heterocycles. The van der Waals surface area contributed by atoms with Crippen molar-refractivity contribution in [3.05, 3.63) is 24.7 Å². The number of anilines is 1. The third-order valence-corrected chi connectivity index (χ3v) is 3.89. The summed E-state index contributed by atoms with van der Waals surface area (Å²) in [5.74, 6) is 2.54. The van der Waals surface area contributed by atoms with Crippen molar-refractivity contribution in [3.63, 3.8) is 0 Å². The Morgan fingerprint density at radius 2 is 1.92 bits per heavy atom. The first-order valence-corrected chi connectivity index (χ1v) is 7.89. The van der Waals surface area contributed by atoms with Gasteiger partial charge in [-0.2, -0.15) is 9.97 Å². The van der Waals surface area contributed by atoms with Crippen molar-refractivity contribution in [2.75, 3.05) is 38.8 Å². The molecule has 1 saturated heterocycles. The van der Waals surface area contributed by atoms with Crippen LogP contribution in [-0.4, -0.2) is 53.9 Å². The molecule has 1 atom stereocenters. The van der Waals surface area contributed by atoms with Crippen LogP contribution >= 0.6 is 0 Å². The van der Waals surface area contributed by atoms with Gasteiger partial charge in [-0.1, -0.05) is 0 Å². The molecular weight excluding hydrogens is 310 g/mol. The lowest BCUT2D eigenvalue weighted by Crippen LogP contribution is -2.38. The molecule has 0 N–H and O–H groups in total. The monoisotopic (exact) mass is 331 g/mol. The van der Waals surface area contributed by atoms with Gasteiger partial charge in [-0.3, -0.25) is 4.98 Å². The van der Waals surface area contributed by atoms with Crippen LogP contribution in [0.1, 0.15) is 12.8 Å². The van der Waals surface area contributed by atoms with Gasteiger partial charge in [0.25, 0.3) is 0 Å². The zero-order valence-electron chi connectivity index (χ0n) is 13.9. The van der Waals surface area contributed by atoms with Gasteiger partial charge in [-0.05, 0) is 12.8 Å². The first-order chi connectivity index (χ1) is 11.8. The van der Waals surface area contributed by atoms with Crippen molar-refractivity contribution in [1.82, 2.24) is 19.9 Å². The topological polar surface area (TPSA) is 82.5 Å². The molecule has 1 aliphatic rings. The molecule has 0 saturated carbocycles. The van der Waals surface area contributed by atoms with E-state index >= 15 is 0 Å². The van der Waals surface area contributed by atoms with Gasteiger partial charge >= 0.3 is 0 Å². The Morgan fingerprint density at radius 1 is 1.12 bits per heavy atom. The second-order valence-electron chi connectivity index (χ2n) is 5.56. The fourth-order valence-electron chi connectivity index (χ4n) is 2.69. The molecule has 1 fully saturated rings. The van der Waals surface area contributed by atoms with Crippen molar-refractivity contribution in [2.24, 2.45) is 5.92 Å². The molecule has 0 radical (unpaired) electrons. The first-order valence-electron chi connectivity index (χ1n) is 7.89. The van der Waals surface area contributed by atoms with Gasteiger partial charge in [0.2, 0.25) is 23.6 Å². The largest absolute Gasteiger partial charge is 0.481 e. The Labute approximate surface area is 140 Å². The van der Waals surface area contributed by atoms with Gasteiger partial charge in [0, 0.05) is 31.4 Å². The summed E-state index contributed by atoms with van der Waals surface area (Å²) in [5.41, 5.74) is 0. The Hall–Kier alpha value is -2.64. The highest BCUT2D eigenvalue weighted by Crippen LogP contribution is 2.25. The van der Waals surface area contributed by atoms with E-state index in [1.165, 1.54) is 0 Å². The van der Waals surface area contributed by atoms with Crippen molar-refractivity contribution in [2.45, 2.75) is 12.8 Å². The second kappa shape index (κ2) is 7.76. The van der Waals surface area contributed by atoms with Gasteiger partial charge in [0.05, 0.1) is 33.1 Å². The second-order valence-corrected chi connectivity index (χ2v) is 5.56. The predicted molar refractivity (Wildman–Crippen MR) is 87.6 cm³/mol. The summed E-state index contributed by atoms with van der Waals surface area (Å²) in [5, 5.41) is 0. The molecule has 8 nitrogen and oxygen atoms in total. The minimum Gasteiger partial charge on any atom is -0.481 e. The highest BCUT2D eigenvalue weighted by Gasteiger charge is 2.23. The first kappa shape index (κ1) is 16.2. The minimum absolute atomic E-state index is 0.376. The van der Waals surface area contributed by atoms with E-state index in [0.717, 1.165) is 25.9 Å². The molecule has 0 bridgehead atoms. The third-order valence-electron chi connectivity index (χ3n) is 3.89. The average Bonchev–Trinajstić information content (AvgIpc) is 2.67. The lowest BCUT2D eigenvalue weighted by molar-refractivity contribution is 0.220. The van der Waals surface area contributed by atoms with Crippen molar-refractivity contribution >= 4 is 5.95 Å². The quantitative estimate of drug-likeness (QED) is 0.789. The number of ether oxygens (including phenoxy) is 3. The minimum atomic E-state index is 0.376. The average molecular weight is 331 g/mol. The standard InChI is InChI=1S/C16H21N5O3/c1-22-13-8-14(23-2)20-16(19-13)21-7-3-4-12(10-21)11-24-15-9-17-5-6-18-15/h5-6,8-9,12H,3-4,7,10-11H2,1-2H3. The zero-order valence-corrected chi connectivity index (χ0v) is 13.9. The van der Waals surface area contributed by atoms with Crippen molar-refractivity contribution < 1.29 is 14.2 Å². The third kappa shape index (κ3) is 4.01. The summed E-state index contributed by atoms with van der Waals surface area (Å²) >= 11 is 0. The zero-order chi connectivity index (χ0) is 16.8. The van der Waals surface area contributed by atoms with Crippen molar-refractivity contribution in [3.8, 4) is 17.6 Å². The molecular formula is C16H21N5O3. The molecule has 3 heterocycles. The summed E-state index contributed by atoms with van der Waals surface area (Å²) in [6.45, 7) is 2.31. The number of nitrogens with zero attached hydrogens (tertiary/aromatic N) is 5. The Kier molecular flexibility index (Phi) is 5.25. The van der Waals surface area contributed by atoms with Crippen LogP contribution in [0, 0.1) is 5.92 Å². The smallest absolute Gasteiger partial charge is 0.232 e. The maximum absolute atomic E-state index is 5.73. The predicted octanol–water partition coefficient (Wildman–Crippen LogP) is 1.58. The molecule has 3 rings (SSSR count). The van der Waals surface area contributed by atoms with Crippen LogP contribution in [0.2, 0.25) is 0 Å². The van der Waals surface area contributed by atoms with Crippen LogP contribution in [0.15, 0.2) is 24.7 Å². The summed E-state index contributed by atoms with van der Waals surface area (Å²) in [4.78, 5) is 19.1. The van der Waals surface area contributed by atoms with E-state index in [-0.39, 0.29) is 0 Å².